The van der Waals surface area contributed by atoms with E-state index in [2.05, 4.69) is 5.32 Å². The number of benzene rings is 1. The van der Waals surface area contributed by atoms with Gasteiger partial charge in [-0.25, -0.2) is 4.39 Å². The summed E-state index contributed by atoms with van der Waals surface area (Å²) >= 11 is 0. The number of amides is 2. The van der Waals surface area contributed by atoms with Gasteiger partial charge in [-0.2, -0.15) is 0 Å². The van der Waals surface area contributed by atoms with Gasteiger partial charge in [0.05, 0.1) is 0 Å². The second-order valence-corrected chi connectivity index (χ2v) is 6.66. The maximum atomic E-state index is 13.0. The van der Waals surface area contributed by atoms with Crippen LogP contribution in [0.15, 0.2) is 24.3 Å². The number of carbonyl (C=O) groups excluding carboxylic acids is 2. The first-order valence-corrected chi connectivity index (χ1v) is 8.03. The molecule has 1 aromatic carbocycles. The molecule has 0 aromatic heterocycles. The standard InChI is InChI=1S/C18H27FN2O2/c1-6-15(17(23)20-18(3,4)5)21(16(22)7-2)12-13-8-10-14(19)11-9-13/h8-11,15H,6-7,12H2,1-5H3,(H,20,23). The van der Waals surface area contributed by atoms with Crippen LogP contribution < -0.4 is 5.32 Å². The van der Waals surface area contributed by atoms with Crippen molar-refractivity contribution in [1.29, 1.82) is 0 Å². The number of carbonyl (C=O) groups is 2. The van der Waals surface area contributed by atoms with Crippen molar-refractivity contribution in [3.8, 4) is 0 Å². The van der Waals surface area contributed by atoms with Crippen molar-refractivity contribution in [2.45, 2.75) is 65.6 Å². The zero-order valence-electron chi connectivity index (χ0n) is 14.6. The Balaban J connectivity index is 3.00. The minimum Gasteiger partial charge on any atom is -0.350 e. The molecule has 0 radical (unpaired) electrons. The topological polar surface area (TPSA) is 49.4 Å². The fraction of sp³-hybridized carbons (Fsp3) is 0.556. The molecule has 0 saturated heterocycles. The quantitative estimate of drug-likeness (QED) is 0.874. The summed E-state index contributed by atoms with van der Waals surface area (Å²) in [5, 5.41) is 2.93. The van der Waals surface area contributed by atoms with Gasteiger partial charge in [-0.15, -0.1) is 0 Å². The molecule has 0 saturated carbocycles. The lowest BCUT2D eigenvalue weighted by Gasteiger charge is -2.33. The van der Waals surface area contributed by atoms with Crippen molar-refractivity contribution in [3.63, 3.8) is 0 Å². The van der Waals surface area contributed by atoms with Gasteiger partial charge < -0.3 is 10.2 Å². The van der Waals surface area contributed by atoms with Crippen LogP contribution in [0, 0.1) is 5.82 Å². The van der Waals surface area contributed by atoms with Crippen LogP contribution in [0.25, 0.3) is 0 Å². The fourth-order valence-corrected chi connectivity index (χ4v) is 2.36. The molecule has 2 amide bonds. The smallest absolute Gasteiger partial charge is 0.243 e. The highest BCUT2D eigenvalue weighted by Gasteiger charge is 2.29. The molecule has 0 aliphatic heterocycles. The number of hydrogen-bond acceptors (Lipinski definition) is 2. The van der Waals surface area contributed by atoms with E-state index in [9.17, 15) is 14.0 Å². The minimum atomic E-state index is -0.535. The average Bonchev–Trinajstić information content (AvgIpc) is 2.46. The Labute approximate surface area is 138 Å². The maximum absolute atomic E-state index is 13.0. The molecule has 1 rings (SSSR count). The molecule has 0 aliphatic rings. The van der Waals surface area contributed by atoms with E-state index in [4.69, 9.17) is 0 Å². The normalized spacial score (nSPS) is 12.6. The van der Waals surface area contributed by atoms with Crippen LogP contribution in [0.1, 0.15) is 53.0 Å². The third kappa shape index (κ3) is 6.00. The predicted molar refractivity (Wildman–Crippen MR) is 89.2 cm³/mol. The average molecular weight is 322 g/mol. The summed E-state index contributed by atoms with van der Waals surface area (Å²) in [7, 11) is 0. The van der Waals surface area contributed by atoms with E-state index in [-0.39, 0.29) is 23.2 Å². The van der Waals surface area contributed by atoms with Gasteiger partial charge in [-0.1, -0.05) is 26.0 Å². The molecule has 0 heterocycles. The van der Waals surface area contributed by atoms with Crippen molar-refractivity contribution < 1.29 is 14.0 Å². The molecular formula is C18H27FN2O2. The van der Waals surface area contributed by atoms with Crippen LogP contribution >= 0.6 is 0 Å². The molecular weight excluding hydrogens is 295 g/mol. The molecule has 1 atom stereocenters. The van der Waals surface area contributed by atoms with Crippen LogP contribution in [0.4, 0.5) is 4.39 Å². The van der Waals surface area contributed by atoms with Crippen LogP contribution in [-0.2, 0) is 16.1 Å². The maximum Gasteiger partial charge on any atom is 0.243 e. The highest BCUT2D eigenvalue weighted by Crippen LogP contribution is 2.15. The summed E-state index contributed by atoms with van der Waals surface area (Å²) in [6.45, 7) is 9.67. The highest BCUT2D eigenvalue weighted by atomic mass is 19.1. The molecule has 0 aliphatic carbocycles. The van der Waals surface area contributed by atoms with E-state index in [1.54, 1.807) is 24.0 Å². The van der Waals surface area contributed by atoms with E-state index in [0.717, 1.165) is 5.56 Å². The highest BCUT2D eigenvalue weighted by molar-refractivity contribution is 5.87. The molecule has 0 bridgehead atoms. The summed E-state index contributed by atoms with van der Waals surface area (Å²) < 4.78 is 13.0. The Morgan fingerprint density at radius 1 is 1.17 bits per heavy atom. The summed E-state index contributed by atoms with van der Waals surface area (Å²) in [5.41, 5.74) is 0.441. The van der Waals surface area contributed by atoms with Crippen molar-refractivity contribution in [3.05, 3.63) is 35.6 Å². The van der Waals surface area contributed by atoms with Gasteiger partial charge in [0, 0.05) is 18.5 Å². The van der Waals surface area contributed by atoms with Gasteiger partial charge in [0.25, 0.3) is 0 Å². The summed E-state index contributed by atoms with van der Waals surface area (Å²) in [6, 6.07) is 5.46. The zero-order chi connectivity index (χ0) is 17.6. The number of hydrogen-bond donors (Lipinski definition) is 1. The molecule has 23 heavy (non-hydrogen) atoms. The van der Waals surface area contributed by atoms with Crippen LogP contribution in [0.2, 0.25) is 0 Å². The second-order valence-electron chi connectivity index (χ2n) is 6.66. The lowest BCUT2D eigenvalue weighted by molar-refractivity contribution is -0.141. The van der Waals surface area contributed by atoms with E-state index in [1.807, 2.05) is 27.7 Å². The van der Waals surface area contributed by atoms with Crippen LogP contribution in [-0.4, -0.2) is 28.3 Å². The SMILES string of the molecule is CCC(=O)N(Cc1ccc(F)cc1)C(CC)C(=O)NC(C)(C)C. The molecule has 1 N–H and O–H groups in total. The van der Waals surface area contributed by atoms with E-state index in [1.165, 1.54) is 12.1 Å². The van der Waals surface area contributed by atoms with Crippen molar-refractivity contribution in [2.24, 2.45) is 0 Å². The minimum absolute atomic E-state index is 0.0924. The largest absolute Gasteiger partial charge is 0.350 e. The van der Waals surface area contributed by atoms with E-state index >= 15 is 0 Å². The molecule has 4 nitrogen and oxygen atoms in total. The van der Waals surface area contributed by atoms with E-state index < -0.39 is 6.04 Å². The first-order valence-electron chi connectivity index (χ1n) is 8.03. The number of nitrogens with zero attached hydrogens (tertiary/aromatic N) is 1. The zero-order valence-corrected chi connectivity index (χ0v) is 14.6. The van der Waals surface area contributed by atoms with Crippen LogP contribution in [0.5, 0.6) is 0 Å². The third-order valence-electron chi connectivity index (χ3n) is 3.45. The monoisotopic (exact) mass is 322 g/mol. The first-order chi connectivity index (χ1) is 10.7. The van der Waals surface area contributed by atoms with Gasteiger partial charge in [0.15, 0.2) is 0 Å². The molecule has 0 fully saturated rings. The summed E-state index contributed by atoms with van der Waals surface area (Å²) in [5.74, 6) is -0.575. The number of rotatable bonds is 6. The lowest BCUT2D eigenvalue weighted by atomic mass is 10.1. The second kappa shape index (κ2) is 8.09. The van der Waals surface area contributed by atoms with Gasteiger partial charge in [0.1, 0.15) is 11.9 Å². The Kier molecular flexibility index (Phi) is 6.73. The fourth-order valence-electron chi connectivity index (χ4n) is 2.36. The van der Waals surface area contributed by atoms with Gasteiger partial charge in [0.2, 0.25) is 11.8 Å². The van der Waals surface area contributed by atoms with E-state index in [0.29, 0.717) is 19.4 Å². The van der Waals surface area contributed by atoms with Crippen molar-refractivity contribution in [1.82, 2.24) is 10.2 Å². The molecule has 1 aromatic rings. The first kappa shape index (κ1) is 19.1. The van der Waals surface area contributed by atoms with Gasteiger partial charge in [-0.3, -0.25) is 9.59 Å². The Hall–Kier alpha value is -1.91. The molecule has 128 valence electrons. The number of halogens is 1. The Bertz CT molecular complexity index is 535. The Morgan fingerprint density at radius 2 is 1.74 bits per heavy atom. The lowest BCUT2D eigenvalue weighted by Crippen LogP contribution is -2.53. The molecule has 5 heteroatoms. The predicted octanol–water partition coefficient (Wildman–Crippen LogP) is 3.26. The third-order valence-corrected chi connectivity index (χ3v) is 3.45. The van der Waals surface area contributed by atoms with Gasteiger partial charge >= 0.3 is 0 Å². The molecule has 1 unspecified atom stereocenters. The van der Waals surface area contributed by atoms with Crippen LogP contribution in [0.3, 0.4) is 0 Å². The molecule has 0 spiro atoms. The summed E-state index contributed by atoms with van der Waals surface area (Å²) in [4.78, 5) is 26.4. The van der Waals surface area contributed by atoms with Gasteiger partial charge in [-0.05, 0) is 44.9 Å². The Morgan fingerprint density at radius 3 is 2.17 bits per heavy atom. The summed E-state index contributed by atoms with van der Waals surface area (Å²) in [6.07, 6.45) is 0.843. The van der Waals surface area contributed by atoms with Crippen molar-refractivity contribution >= 4 is 11.8 Å². The number of nitrogens with one attached hydrogen (secondary N) is 1. The van der Waals surface area contributed by atoms with Crippen molar-refractivity contribution in [2.75, 3.05) is 0 Å².